The van der Waals surface area contributed by atoms with Gasteiger partial charge in [0.2, 0.25) is 0 Å². The minimum atomic E-state index is -1.53. The molecule has 0 aliphatic carbocycles. The van der Waals surface area contributed by atoms with E-state index in [0.29, 0.717) is 0 Å². The maximum Gasteiger partial charge on any atom is 0.187 e. The van der Waals surface area contributed by atoms with Gasteiger partial charge >= 0.3 is 0 Å². The van der Waals surface area contributed by atoms with Crippen LogP contribution in [0, 0.1) is 0 Å². The molecule has 0 aromatic carbocycles. The Morgan fingerprint density at radius 1 is 0.792 bits per heavy atom. The molecule has 0 spiro atoms. The summed E-state index contributed by atoms with van der Waals surface area (Å²) in [6.07, 6.45) is -11.8. The van der Waals surface area contributed by atoms with Gasteiger partial charge in [0.25, 0.3) is 0 Å². The molecule has 10 nitrogen and oxygen atoms in total. The Labute approximate surface area is 139 Å². The first-order chi connectivity index (χ1) is 11.3. The van der Waals surface area contributed by atoms with Crippen molar-refractivity contribution in [3.63, 3.8) is 0 Å². The summed E-state index contributed by atoms with van der Waals surface area (Å²) in [7, 11) is 1.30. The largest absolute Gasteiger partial charge is 0.394 e. The second-order valence-electron chi connectivity index (χ2n) is 6.05. The number of aliphatic hydroxyl groups excluding tert-OH is 6. The third-order valence-corrected chi connectivity index (χ3v) is 4.49. The van der Waals surface area contributed by atoms with Gasteiger partial charge in [-0.2, -0.15) is 0 Å². The molecule has 0 radical (unpaired) electrons. The average molecular weight is 354 g/mol. The number of ether oxygens (including phenoxy) is 4. The van der Waals surface area contributed by atoms with Crippen LogP contribution in [0.1, 0.15) is 6.92 Å². The van der Waals surface area contributed by atoms with Gasteiger partial charge in [0.1, 0.15) is 48.8 Å². The van der Waals surface area contributed by atoms with Gasteiger partial charge in [0.15, 0.2) is 6.29 Å². The predicted octanol–water partition coefficient (Wildman–Crippen LogP) is -3.67. The molecule has 0 bridgehead atoms. The number of aliphatic hydroxyl groups is 6. The number of methoxy groups -OCH3 is 1. The van der Waals surface area contributed by atoms with Crippen molar-refractivity contribution in [2.45, 2.75) is 68.1 Å². The molecular weight excluding hydrogens is 328 g/mol. The van der Waals surface area contributed by atoms with E-state index in [2.05, 4.69) is 0 Å². The molecule has 2 aliphatic heterocycles. The van der Waals surface area contributed by atoms with Crippen LogP contribution in [-0.2, 0) is 18.9 Å². The van der Waals surface area contributed by atoms with Gasteiger partial charge in [-0.05, 0) is 6.92 Å². The quantitative estimate of drug-likeness (QED) is 0.290. The van der Waals surface area contributed by atoms with Crippen molar-refractivity contribution in [3.05, 3.63) is 0 Å². The molecule has 2 heterocycles. The Hall–Kier alpha value is -0.400. The Morgan fingerprint density at radius 2 is 1.33 bits per heavy atom. The molecule has 10 heteroatoms. The van der Waals surface area contributed by atoms with E-state index >= 15 is 0 Å². The maximum atomic E-state index is 10.2. The van der Waals surface area contributed by atoms with Crippen LogP contribution in [0.5, 0.6) is 0 Å². The summed E-state index contributed by atoms with van der Waals surface area (Å²) < 4.78 is 21.2. The van der Waals surface area contributed by atoms with Gasteiger partial charge in [0.05, 0.1) is 19.3 Å². The molecule has 4 unspecified atom stereocenters. The Bertz CT molecular complexity index is 392. The fourth-order valence-electron chi connectivity index (χ4n) is 3.05. The second kappa shape index (κ2) is 8.32. The molecule has 0 aromatic heterocycles. The molecule has 10 atom stereocenters. The lowest BCUT2D eigenvalue weighted by Gasteiger charge is -2.46. The fourth-order valence-corrected chi connectivity index (χ4v) is 3.05. The third-order valence-electron chi connectivity index (χ3n) is 4.49. The van der Waals surface area contributed by atoms with Crippen molar-refractivity contribution in [1.82, 2.24) is 0 Å². The number of hydrogen-bond donors (Lipinski definition) is 6. The lowest BCUT2D eigenvalue weighted by molar-refractivity contribution is -0.343. The van der Waals surface area contributed by atoms with E-state index in [1.165, 1.54) is 14.0 Å². The SMILES string of the molecule is CO[C@@H]1C(CO)O[C@H](O[C@@H]2C(CO)O[C@H](C)C(O)[C@H]2O)C(O)[C@H]1O. The zero-order valence-electron chi connectivity index (χ0n) is 13.5. The predicted molar refractivity (Wildman–Crippen MR) is 76.9 cm³/mol. The monoisotopic (exact) mass is 354 g/mol. The van der Waals surface area contributed by atoms with Gasteiger partial charge in [-0.25, -0.2) is 0 Å². The highest BCUT2D eigenvalue weighted by atomic mass is 16.7. The highest BCUT2D eigenvalue weighted by Crippen LogP contribution is 2.29. The van der Waals surface area contributed by atoms with Crippen LogP contribution < -0.4 is 0 Å². The molecule has 0 amide bonds. The molecule has 24 heavy (non-hydrogen) atoms. The first-order valence-corrected chi connectivity index (χ1v) is 7.78. The fraction of sp³-hybridized carbons (Fsp3) is 1.00. The van der Waals surface area contributed by atoms with Gasteiger partial charge in [-0.1, -0.05) is 0 Å². The van der Waals surface area contributed by atoms with Crippen LogP contribution in [0.4, 0.5) is 0 Å². The van der Waals surface area contributed by atoms with Crippen LogP contribution in [0.15, 0.2) is 0 Å². The van der Waals surface area contributed by atoms with Crippen LogP contribution in [0.3, 0.4) is 0 Å². The van der Waals surface area contributed by atoms with Crippen molar-refractivity contribution in [1.29, 1.82) is 0 Å². The zero-order valence-corrected chi connectivity index (χ0v) is 13.5. The summed E-state index contributed by atoms with van der Waals surface area (Å²) in [5.41, 5.74) is 0. The summed E-state index contributed by atoms with van der Waals surface area (Å²) >= 11 is 0. The van der Waals surface area contributed by atoms with Gasteiger partial charge in [0, 0.05) is 7.11 Å². The molecular formula is C14H26O10. The molecule has 2 rings (SSSR count). The van der Waals surface area contributed by atoms with Crippen molar-refractivity contribution in [2.75, 3.05) is 20.3 Å². The lowest BCUT2D eigenvalue weighted by Crippen LogP contribution is -2.64. The summed E-state index contributed by atoms with van der Waals surface area (Å²) in [6.45, 7) is 0.552. The van der Waals surface area contributed by atoms with Crippen molar-refractivity contribution in [2.24, 2.45) is 0 Å². The highest BCUT2D eigenvalue weighted by Gasteiger charge is 2.50. The van der Waals surface area contributed by atoms with Gasteiger partial charge in [-0.15, -0.1) is 0 Å². The second-order valence-corrected chi connectivity index (χ2v) is 6.05. The molecule has 2 fully saturated rings. The maximum absolute atomic E-state index is 10.2. The van der Waals surface area contributed by atoms with Crippen molar-refractivity contribution in [3.8, 4) is 0 Å². The van der Waals surface area contributed by atoms with Crippen LogP contribution in [-0.4, -0.2) is 112 Å². The van der Waals surface area contributed by atoms with E-state index in [-0.39, 0.29) is 0 Å². The summed E-state index contributed by atoms with van der Waals surface area (Å²) in [5, 5.41) is 59.0. The smallest absolute Gasteiger partial charge is 0.187 e. The highest BCUT2D eigenvalue weighted by molar-refractivity contribution is 4.95. The summed E-state index contributed by atoms with van der Waals surface area (Å²) in [5.74, 6) is 0. The molecule has 6 N–H and O–H groups in total. The number of rotatable bonds is 5. The first kappa shape index (κ1) is 19.9. The van der Waals surface area contributed by atoms with E-state index in [1.807, 2.05) is 0 Å². The normalized spacial score (nSPS) is 50.0. The zero-order chi connectivity index (χ0) is 18.0. The van der Waals surface area contributed by atoms with E-state index < -0.39 is 74.4 Å². The van der Waals surface area contributed by atoms with E-state index in [1.54, 1.807) is 0 Å². The molecule has 2 saturated heterocycles. The standard InChI is InChI=1S/C14H26O10/c1-5-8(17)9(18)13(7(4-16)22-5)24-14-11(20)10(19)12(21-2)6(3-15)23-14/h5-20H,3-4H2,1-2H3/t5-,6?,7?,8?,9-,10-,11?,12-,13-,14-/m1/s1. The Kier molecular flexibility index (Phi) is 6.90. The first-order valence-electron chi connectivity index (χ1n) is 7.78. The topological polar surface area (TPSA) is 158 Å². The molecule has 0 aromatic rings. The van der Waals surface area contributed by atoms with E-state index in [9.17, 15) is 30.6 Å². The molecule has 2 aliphatic rings. The minimum absolute atomic E-state index is 0.491. The van der Waals surface area contributed by atoms with Crippen molar-refractivity contribution < 1.29 is 49.6 Å². The number of hydrogen-bond acceptors (Lipinski definition) is 10. The van der Waals surface area contributed by atoms with Crippen molar-refractivity contribution >= 4 is 0 Å². The van der Waals surface area contributed by atoms with Gasteiger partial charge < -0.3 is 49.6 Å². The molecule has 0 saturated carbocycles. The summed E-state index contributed by atoms with van der Waals surface area (Å²) in [6, 6.07) is 0. The Balaban J connectivity index is 2.12. The Morgan fingerprint density at radius 3 is 1.88 bits per heavy atom. The van der Waals surface area contributed by atoms with Crippen LogP contribution in [0.2, 0.25) is 0 Å². The lowest BCUT2D eigenvalue weighted by atomic mass is 9.95. The van der Waals surface area contributed by atoms with Gasteiger partial charge in [-0.3, -0.25) is 0 Å². The minimum Gasteiger partial charge on any atom is -0.394 e. The van der Waals surface area contributed by atoms with Crippen LogP contribution in [0.25, 0.3) is 0 Å². The molecule has 142 valence electrons. The van der Waals surface area contributed by atoms with E-state index in [4.69, 9.17) is 18.9 Å². The third kappa shape index (κ3) is 3.73. The summed E-state index contributed by atoms with van der Waals surface area (Å²) in [4.78, 5) is 0. The van der Waals surface area contributed by atoms with Crippen LogP contribution >= 0.6 is 0 Å². The van der Waals surface area contributed by atoms with E-state index in [0.717, 1.165) is 0 Å². The average Bonchev–Trinajstić information content (AvgIpc) is 2.58.